The Kier molecular flexibility index (Phi) is 5.58. The zero-order chi connectivity index (χ0) is 12.8. The minimum Gasteiger partial charge on any atom is -0.393 e. The highest BCUT2D eigenvalue weighted by Gasteiger charge is 2.20. The van der Waals surface area contributed by atoms with E-state index in [-0.39, 0.29) is 10.9 Å². The van der Waals surface area contributed by atoms with Crippen molar-refractivity contribution < 1.29 is 4.79 Å². The molecule has 0 radical (unpaired) electrons. The van der Waals surface area contributed by atoms with Crippen molar-refractivity contribution in [3.63, 3.8) is 0 Å². The number of thiocarbonyl (C=S) groups is 1. The van der Waals surface area contributed by atoms with Crippen LogP contribution in [0, 0.1) is 5.92 Å². The second-order valence-electron chi connectivity index (χ2n) is 3.71. The highest BCUT2D eigenvalue weighted by molar-refractivity contribution is 9.10. The van der Waals surface area contributed by atoms with E-state index in [2.05, 4.69) is 21.2 Å². The van der Waals surface area contributed by atoms with Gasteiger partial charge in [0.25, 0.3) is 0 Å². The molecule has 0 aliphatic heterocycles. The van der Waals surface area contributed by atoms with E-state index >= 15 is 0 Å². The third-order valence-electron chi connectivity index (χ3n) is 2.37. The van der Waals surface area contributed by atoms with Crippen molar-refractivity contribution in [2.45, 2.75) is 19.8 Å². The lowest BCUT2D eigenvalue weighted by Crippen LogP contribution is -2.33. The number of nitrogens with two attached hydrogens (primary N) is 1. The topological polar surface area (TPSA) is 55.1 Å². The zero-order valence-corrected chi connectivity index (χ0v) is 12.0. The first-order chi connectivity index (χ1) is 8.06. The van der Waals surface area contributed by atoms with Crippen molar-refractivity contribution in [2.24, 2.45) is 11.7 Å². The average Bonchev–Trinajstić information content (AvgIpc) is 2.28. The molecule has 0 aliphatic rings. The van der Waals surface area contributed by atoms with E-state index in [1.165, 1.54) is 0 Å². The molecule has 92 valence electrons. The van der Waals surface area contributed by atoms with Crippen LogP contribution in [-0.4, -0.2) is 10.9 Å². The number of anilines is 1. The lowest BCUT2D eigenvalue weighted by atomic mass is 10.0. The molecule has 17 heavy (non-hydrogen) atoms. The van der Waals surface area contributed by atoms with Crippen LogP contribution in [0.25, 0.3) is 0 Å². The number of amides is 1. The molecule has 3 N–H and O–H groups in total. The number of hydrogen-bond acceptors (Lipinski definition) is 2. The van der Waals surface area contributed by atoms with Gasteiger partial charge in [0.1, 0.15) is 0 Å². The molecule has 5 heteroatoms. The van der Waals surface area contributed by atoms with Gasteiger partial charge in [0.05, 0.1) is 16.6 Å². The maximum absolute atomic E-state index is 12.0. The van der Waals surface area contributed by atoms with Gasteiger partial charge in [0.2, 0.25) is 5.91 Å². The second-order valence-corrected chi connectivity index (χ2v) is 5.04. The predicted molar refractivity (Wildman–Crippen MR) is 78.0 cm³/mol. The summed E-state index contributed by atoms with van der Waals surface area (Å²) >= 11 is 8.28. The van der Waals surface area contributed by atoms with E-state index in [0.29, 0.717) is 6.42 Å². The van der Waals surface area contributed by atoms with Gasteiger partial charge in [-0.25, -0.2) is 0 Å². The lowest BCUT2D eigenvalue weighted by Gasteiger charge is -2.15. The summed E-state index contributed by atoms with van der Waals surface area (Å²) in [6, 6.07) is 7.43. The molecule has 0 saturated carbocycles. The highest BCUT2D eigenvalue weighted by Crippen LogP contribution is 2.22. The molecule has 1 rings (SSSR count). The fourth-order valence-corrected chi connectivity index (χ4v) is 2.08. The van der Waals surface area contributed by atoms with Gasteiger partial charge < -0.3 is 11.1 Å². The Labute approximate surface area is 115 Å². The minimum atomic E-state index is -0.401. The number of hydrogen-bond donors (Lipinski definition) is 2. The third kappa shape index (κ3) is 4.09. The van der Waals surface area contributed by atoms with Gasteiger partial charge in [-0.2, -0.15) is 0 Å². The molecule has 3 nitrogen and oxygen atoms in total. The van der Waals surface area contributed by atoms with Crippen LogP contribution in [-0.2, 0) is 4.79 Å². The number of halogens is 1. The van der Waals surface area contributed by atoms with Crippen molar-refractivity contribution in [1.29, 1.82) is 0 Å². The minimum absolute atomic E-state index is 0.147. The van der Waals surface area contributed by atoms with Crippen LogP contribution >= 0.6 is 28.1 Å². The largest absolute Gasteiger partial charge is 0.393 e. The SMILES string of the molecule is CCCC(C(=O)Nc1ccccc1Br)C(N)=S. The first kappa shape index (κ1) is 14.1. The molecule has 0 saturated heterocycles. The Balaban J connectivity index is 2.77. The maximum Gasteiger partial charge on any atom is 0.234 e. The van der Waals surface area contributed by atoms with E-state index in [1.54, 1.807) is 0 Å². The Morgan fingerprint density at radius 3 is 2.71 bits per heavy atom. The van der Waals surface area contributed by atoms with Gasteiger partial charge in [-0.1, -0.05) is 37.7 Å². The molecular weight excluding hydrogens is 300 g/mol. The monoisotopic (exact) mass is 314 g/mol. The van der Waals surface area contributed by atoms with Crippen molar-refractivity contribution in [1.82, 2.24) is 0 Å². The first-order valence-corrected chi connectivity index (χ1v) is 6.61. The number of carbonyl (C=O) groups excluding carboxylic acids is 1. The molecule has 1 atom stereocenters. The molecule has 0 spiro atoms. The van der Waals surface area contributed by atoms with Gasteiger partial charge in [-0.05, 0) is 34.5 Å². The molecule has 1 amide bonds. The standard InChI is InChI=1S/C12H15BrN2OS/c1-2-5-8(11(14)17)12(16)15-10-7-4-3-6-9(10)13/h3-4,6-8H,2,5H2,1H3,(H2,14,17)(H,15,16). The van der Waals surface area contributed by atoms with Crippen molar-refractivity contribution in [3.8, 4) is 0 Å². The van der Waals surface area contributed by atoms with Crippen LogP contribution in [0.4, 0.5) is 5.69 Å². The quantitative estimate of drug-likeness (QED) is 0.821. The van der Waals surface area contributed by atoms with Crippen LogP contribution < -0.4 is 11.1 Å². The smallest absolute Gasteiger partial charge is 0.234 e. The van der Waals surface area contributed by atoms with E-state index in [0.717, 1.165) is 16.6 Å². The normalized spacial score (nSPS) is 11.9. The van der Waals surface area contributed by atoms with Gasteiger partial charge in [0.15, 0.2) is 0 Å². The Morgan fingerprint density at radius 2 is 2.18 bits per heavy atom. The number of para-hydroxylation sites is 1. The molecule has 1 unspecified atom stereocenters. The maximum atomic E-state index is 12.0. The molecule has 0 heterocycles. The van der Waals surface area contributed by atoms with Crippen molar-refractivity contribution in [2.75, 3.05) is 5.32 Å². The Hall–Kier alpha value is -0.940. The van der Waals surface area contributed by atoms with Crippen LogP contribution in [0.2, 0.25) is 0 Å². The fraction of sp³-hybridized carbons (Fsp3) is 0.333. The van der Waals surface area contributed by atoms with Gasteiger partial charge in [-0.15, -0.1) is 0 Å². The van der Waals surface area contributed by atoms with Crippen LogP contribution in [0.1, 0.15) is 19.8 Å². The molecule has 1 aromatic rings. The fourth-order valence-electron chi connectivity index (χ4n) is 1.47. The summed E-state index contributed by atoms with van der Waals surface area (Å²) in [4.78, 5) is 12.2. The van der Waals surface area contributed by atoms with Crippen molar-refractivity contribution >= 4 is 44.7 Å². The van der Waals surface area contributed by atoms with Crippen LogP contribution in [0.3, 0.4) is 0 Å². The molecule has 1 aromatic carbocycles. The summed E-state index contributed by atoms with van der Waals surface area (Å²) in [6.45, 7) is 2.00. The van der Waals surface area contributed by atoms with Gasteiger partial charge in [0, 0.05) is 4.47 Å². The highest BCUT2D eigenvalue weighted by atomic mass is 79.9. The van der Waals surface area contributed by atoms with Gasteiger partial charge >= 0.3 is 0 Å². The lowest BCUT2D eigenvalue weighted by molar-refractivity contribution is -0.118. The molecule has 0 bridgehead atoms. The van der Waals surface area contributed by atoms with E-state index < -0.39 is 5.92 Å². The Bertz CT molecular complexity index is 423. The Morgan fingerprint density at radius 1 is 1.53 bits per heavy atom. The summed E-state index contributed by atoms with van der Waals surface area (Å²) in [5.41, 5.74) is 6.31. The van der Waals surface area contributed by atoms with E-state index in [9.17, 15) is 4.79 Å². The van der Waals surface area contributed by atoms with E-state index in [4.69, 9.17) is 18.0 Å². The number of carbonyl (C=O) groups is 1. The average molecular weight is 315 g/mol. The summed E-state index contributed by atoms with van der Waals surface area (Å²) in [5.74, 6) is -0.548. The molecule has 0 aromatic heterocycles. The summed E-state index contributed by atoms with van der Waals surface area (Å²) in [7, 11) is 0. The van der Waals surface area contributed by atoms with Gasteiger partial charge in [-0.3, -0.25) is 4.79 Å². The zero-order valence-electron chi connectivity index (χ0n) is 9.57. The predicted octanol–water partition coefficient (Wildman–Crippen LogP) is 3.09. The van der Waals surface area contributed by atoms with Crippen molar-refractivity contribution in [3.05, 3.63) is 28.7 Å². The number of rotatable bonds is 5. The first-order valence-electron chi connectivity index (χ1n) is 5.41. The molecule has 0 aliphatic carbocycles. The summed E-state index contributed by atoms with van der Waals surface area (Å²) < 4.78 is 0.839. The number of benzene rings is 1. The molecular formula is C12H15BrN2OS. The van der Waals surface area contributed by atoms with Crippen LogP contribution in [0.15, 0.2) is 28.7 Å². The molecule has 0 fully saturated rings. The van der Waals surface area contributed by atoms with Crippen LogP contribution in [0.5, 0.6) is 0 Å². The summed E-state index contributed by atoms with van der Waals surface area (Å²) in [5, 5.41) is 2.82. The van der Waals surface area contributed by atoms with E-state index in [1.807, 2.05) is 31.2 Å². The summed E-state index contributed by atoms with van der Waals surface area (Å²) in [6.07, 6.45) is 1.54. The second kappa shape index (κ2) is 6.71. The number of nitrogens with one attached hydrogen (secondary N) is 1. The third-order valence-corrected chi connectivity index (χ3v) is 3.35.